The second kappa shape index (κ2) is 90.6. The summed E-state index contributed by atoms with van der Waals surface area (Å²) in [6.45, 7) is 10.6. The first kappa shape index (κ1) is 113. The zero-order valence-electron chi connectivity index (χ0n) is 38.8. The minimum Gasteiger partial charge on any atom is 0 e. The molecule has 0 heterocycles. The maximum absolute atomic E-state index is 10.5. The summed E-state index contributed by atoms with van der Waals surface area (Å²) in [7, 11) is 9.87. The van der Waals surface area contributed by atoms with Crippen LogP contribution in [0.3, 0.4) is 0 Å². The van der Waals surface area contributed by atoms with Gasteiger partial charge in [0, 0.05) is 57.4 Å². The molecule has 0 fully saturated rings. The Bertz CT molecular complexity index is 1480. The van der Waals surface area contributed by atoms with Crippen LogP contribution in [-0.4, -0.2) is 149 Å². The molecule has 0 aliphatic heterocycles. The number of aliphatic hydroxyl groups is 2. The largest absolute Gasteiger partial charge is 0 e. The van der Waals surface area contributed by atoms with Crippen LogP contribution in [-0.2, 0) is 71.4 Å². The third-order valence-electron chi connectivity index (χ3n) is 5.77. The van der Waals surface area contributed by atoms with Crippen LogP contribution in [0.1, 0.15) is 113 Å². The summed E-state index contributed by atoms with van der Waals surface area (Å²) in [4.78, 5) is 107. The van der Waals surface area contributed by atoms with E-state index in [4.69, 9.17) is 10.2 Å². The number of ketones is 5. The molecule has 0 aliphatic carbocycles. The van der Waals surface area contributed by atoms with Gasteiger partial charge in [-0.3, -0.25) is 59.0 Å². The summed E-state index contributed by atoms with van der Waals surface area (Å²) in [6, 6.07) is -0.593. The molecule has 0 aromatic carbocycles. The summed E-state index contributed by atoms with van der Waals surface area (Å²) < 4.78 is 0. The summed E-state index contributed by atoms with van der Waals surface area (Å²) in [5.74, 6) is -0.0904. The van der Waals surface area contributed by atoms with E-state index >= 15 is 0 Å². The average Bonchev–Trinajstić information content (AvgIpc) is 3.22. The number of halogens is 3. The van der Waals surface area contributed by atoms with Crippen molar-refractivity contribution < 1.29 is 81.6 Å². The number of carbonyl (C=O) groups excluding carboxylic acids is 10. The molecule has 0 saturated carbocycles. The van der Waals surface area contributed by atoms with Gasteiger partial charge in [-0.1, -0.05) is 52.0 Å². The van der Waals surface area contributed by atoms with Crippen LogP contribution in [0.25, 0.3) is 0 Å². The van der Waals surface area contributed by atoms with E-state index in [1.165, 1.54) is 83.2 Å². The fourth-order valence-corrected chi connectivity index (χ4v) is 2.44. The first-order chi connectivity index (χ1) is 29.3. The number of Topliss-reactive ketones (excluding diaryl/α,β-unsaturated/α-hetero) is 2. The summed E-state index contributed by atoms with van der Waals surface area (Å²) in [5.41, 5.74) is -0.210. The quantitative estimate of drug-likeness (QED) is 0.0222. The van der Waals surface area contributed by atoms with E-state index in [2.05, 4.69) is 91.2 Å². The van der Waals surface area contributed by atoms with Crippen molar-refractivity contribution in [1.82, 2.24) is 21.3 Å². The average molecular weight is 1430 g/mol. The molecular weight excluding hydrogens is 1340 g/mol. The van der Waals surface area contributed by atoms with Gasteiger partial charge >= 0.3 is 64.9 Å². The molecule has 0 saturated heterocycles. The molecule has 0 rings (SSSR count). The number of aldehydes is 5. The standard InChI is InChI=1S/4C6H11NO2.2C6H9NO.C5H6O2.7CH4.3HI.2V/c1-5(9)3-6(4-8)7-2;1-6(9,7-2)4-3-5-8;1-5(9)6(7-2)3-4-8;1-5(8)3-4-6(9)7-2;1-6(7-2)4-3-5-8;1-6(8)4-3-5-7-2;1-5(7)3-2-4-6;;;;;;;;;;;;/h4,6-7H,3H2,1-2H3;3-5,7,9H,1-2H3;4,6-7H,3H2,1-2H3;3-4,6-7,9H,1-2H3;2*3-5H,1-2H3;2-4H,1H3;7*1H4;3*1H;;/q;;;;;;;;;;;;;;;;;;+3/p-3/b;4-3-;;4-3-;4-3-,7-6?;4-3-,7-5?;3-2-;;;;;;;;;;;;. The van der Waals surface area contributed by atoms with Gasteiger partial charge in [-0.15, -0.1) is 0 Å². The SMILES string of the molecule is C.C.C.C.C.C.C.CC(=O)/C=C\C=O.CN=C(C)/C=C\C=O.CN=C/C=C\C(C)=O.CNC(C)(O)/C=C\C=O.CNC(C=O)CC(C)=O.CNC(CC=O)C(C)=O.CNC(O)/C=C\C(C)=O.[I][V]([I])[I].[V]. The summed E-state index contributed by atoms with van der Waals surface area (Å²) >= 11 is 7.39. The van der Waals surface area contributed by atoms with Gasteiger partial charge in [-0.2, -0.15) is 0 Å². The predicted molar refractivity (Wildman–Crippen MR) is 322 cm³/mol. The molecule has 421 valence electrons. The van der Waals surface area contributed by atoms with E-state index in [1.54, 1.807) is 67.6 Å². The fourth-order valence-electron chi connectivity index (χ4n) is 2.44. The van der Waals surface area contributed by atoms with Gasteiger partial charge in [-0.25, -0.2) is 0 Å². The second-order valence-corrected chi connectivity index (χ2v) is 46.8. The van der Waals surface area contributed by atoms with E-state index in [-0.39, 0.29) is 123 Å². The van der Waals surface area contributed by atoms with Crippen molar-refractivity contribution in [2.24, 2.45) is 9.98 Å². The minimum atomic E-state index is -1.07. The van der Waals surface area contributed by atoms with Crippen molar-refractivity contribution in [1.29, 1.82) is 0 Å². The Morgan fingerprint density at radius 1 is 0.648 bits per heavy atom. The van der Waals surface area contributed by atoms with Gasteiger partial charge in [0.2, 0.25) is 0 Å². The number of carbonyl (C=O) groups is 10. The maximum atomic E-state index is 10.5. The van der Waals surface area contributed by atoms with E-state index < -0.39 is 12.0 Å². The van der Waals surface area contributed by atoms with Crippen LogP contribution in [0.4, 0.5) is 0 Å². The monoisotopic (exact) mass is 1430 g/mol. The van der Waals surface area contributed by atoms with Crippen LogP contribution in [0.5, 0.6) is 0 Å². The van der Waals surface area contributed by atoms with Gasteiger partial charge in [0.05, 0.1) is 12.1 Å². The van der Waals surface area contributed by atoms with E-state index in [1.807, 2.05) is 6.92 Å². The van der Waals surface area contributed by atoms with Crippen LogP contribution >= 0.6 is 59.9 Å². The van der Waals surface area contributed by atoms with Crippen LogP contribution < -0.4 is 21.3 Å². The Morgan fingerprint density at radius 3 is 1.25 bits per heavy atom. The van der Waals surface area contributed by atoms with Gasteiger partial charge in [0.15, 0.2) is 17.3 Å². The zero-order chi connectivity index (χ0) is 51.2. The predicted octanol–water partition coefficient (Wildman–Crippen LogP) is 7.94. The van der Waals surface area contributed by atoms with Crippen molar-refractivity contribution in [2.45, 2.75) is 137 Å². The number of rotatable bonds is 20. The Kier molecular flexibility index (Phi) is 145. The maximum Gasteiger partial charge on any atom is 0 e. The third kappa shape index (κ3) is 146. The second-order valence-electron chi connectivity index (χ2n) is 11.4. The number of hydrogen-bond donors (Lipinski definition) is 6. The Balaban J connectivity index is -0.0000000344. The molecule has 0 aromatic heterocycles. The van der Waals surface area contributed by atoms with E-state index in [0.29, 0.717) is 19.0 Å². The van der Waals surface area contributed by atoms with Gasteiger partial charge in [0.1, 0.15) is 55.0 Å². The van der Waals surface area contributed by atoms with Crippen molar-refractivity contribution >= 4 is 132 Å². The molecule has 1 radical (unpaired) electrons. The number of likely N-dealkylation sites (N-methyl/N-ethyl adjacent to an activating group) is 4. The number of allylic oxidation sites excluding steroid dienone is 8. The Labute approximate surface area is 481 Å². The molecular formula is C48H96I3N6O12V2. The molecule has 23 heteroatoms. The smallest absolute Gasteiger partial charge is 0 e. The fraction of sp³-hybridized carbons (Fsp3) is 0.542. The van der Waals surface area contributed by atoms with Crippen LogP contribution in [0.2, 0.25) is 0 Å². The van der Waals surface area contributed by atoms with E-state index in [9.17, 15) is 47.9 Å². The number of aliphatic imine (C=N–C) groups is 2. The van der Waals surface area contributed by atoms with E-state index in [0.717, 1.165) is 24.6 Å². The zero-order valence-corrected chi connectivity index (χ0v) is 48.0. The van der Waals surface area contributed by atoms with Crippen LogP contribution in [0, 0.1) is 0 Å². The number of hydrogen-bond acceptors (Lipinski definition) is 18. The van der Waals surface area contributed by atoms with Gasteiger partial charge in [0.25, 0.3) is 0 Å². The third-order valence-corrected chi connectivity index (χ3v) is 5.77. The first-order valence-electron chi connectivity index (χ1n) is 18.2. The van der Waals surface area contributed by atoms with Gasteiger partial charge < -0.3 is 30.4 Å². The van der Waals surface area contributed by atoms with Crippen molar-refractivity contribution in [3.05, 3.63) is 60.8 Å². The van der Waals surface area contributed by atoms with Crippen LogP contribution in [0.15, 0.2) is 70.7 Å². The Morgan fingerprint density at radius 2 is 1.04 bits per heavy atom. The molecule has 0 aliphatic rings. The normalized spacial score (nSPS) is 11.3. The van der Waals surface area contributed by atoms with Crippen molar-refractivity contribution in [3.8, 4) is 0 Å². The van der Waals surface area contributed by atoms with Crippen molar-refractivity contribution in [2.75, 3.05) is 42.3 Å². The Hall–Kier alpha value is -2.14. The topological polar surface area (TPSA) is 284 Å². The minimum absolute atomic E-state index is 0. The molecule has 0 bridgehead atoms. The van der Waals surface area contributed by atoms with Crippen molar-refractivity contribution in [3.63, 3.8) is 0 Å². The molecule has 4 atom stereocenters. The summed E-state index contributed by atoms with van der Waals surface area (Å²) in [5, 5.41) is 28.4. The molecule has 0 amide bonds. The molecule has 0 spiro atoms. The molecule has 0 aromatic rings. The molecule has 18 nitrogen and oxygen atoms in total. The molecule has 4 unspecified atom stereocenters. The molecule has 71 heavy (non-hydrogen) atoms. The number of nitrogens with one attached hydrogen (secondary N) is 4. The number of nitrogens with zero attached hydrogens (tertiary/aromatic N) is 2. The summed E-state index contributed by atoms with van der Waals surface area (Å²) in [6.07, 6.45) is 18.7. The number of aliphatic hydroxyl groups excluding tert-OH is 1. The molecule has 6 N–H and O–H groups in total. The van der Waals surface area contributed by atoms with Gasteiger partial charge in [-0.05, 0) is 137 Å². The first-order valence-corrected chi connectivity index (χ1v) is 31.7.